The third-order valence-electron chi connectivity index (χ3n) is 2.42. The number of aryl methyl sites for hydroxylation is 1. The standard InChI is InChI=1S/C11H12ClIO3S/c1-3-17(15,16)11(12,13)10(14)9-7-5-4-6-8(9)2/h4-7H,3H2,1-2H3/t11-/m0/s1. The van der Waals surface area contributed by atoms with Gasteiger partial charge in [-0.2, -0.15) is 0 Å². The van der Waals surface area contributed by atoms with Gasteiger partial charge in [0, 0.05) is 5.56 Å². The smallest absolute Gasteiger partial charge is 0.257 e. The van der Waals surface area contributed by atoms with Crippen LogP contribution >= 0.6 is 34.2 Å². The number of ketones is 1. The maximum Gasteiger partial charge on any atom is 0.257 e. The van der Waals surface area contributed by atoms with Crippen LogP contribution in [0.1, 0.15) is 22.8 Å². The molecule has 3 nitrogen and oxygen atoms in total. The fourth-order valence-corrected chi connectivity index (χ4v) is 3.72. The Hall–Kier alpha value is -0.140. The summed E-state index contributed by atoms with van der Waals surface area (Å²) in [5, 5.41) is 0. The summed E-state index contributed by atoms with van der Waals surface area (Å²) in [4.78, 5) is 12.2. The predicted molar refractivity (Wildman–Crippen MR) is 77.6 cm³/mol. The Balaban J connectivity index is 3.28. The molecule has 0 aliphatic rings. The van der Waals surface area contributed by atoms with Crippen LogP contribution in [0, 0.1) is 6.92 Å². The first-order valence-corrected chi connectivity index (χ1v) is 8.05. The van der Waals surface area contributed by atoms with Crippen molar-refractivity contribution in [3.05, 3.63) is 35.4 Å². The summed E-state index contributed by atoms with van der Waals surface area (Å²) in [5.74, 6) is -0.753. The predicted octanol–water partition coefficient (Wildman–Crippen LogP) is 2.94. The van der Waals surface area contributed by atoms with Crippen molar-refractivity contribution in [1.29, 1.82) is 0 Å². The molecule has 17 heavy (non-hydrogen) atoms. The molecule has 0 spiro atoms. The first-order chi connectivity index (χ1) is 7.74. The maximum absolute atomic E-state index is 12.2. The molecule has 0 aromatic heterocycles. The number of sulfone groups is 1. The van der Waals surface area contributed by atoms with E-state index in [1.54, 1.807) is 31.2 Å². The van der Waals surface area contributed by atoms with E-state index in [9.17, 15) is 13.2 Å². The van der Waals surface area contributed by atoms with Gasteiger partial charge in [-0.05, 0) is 35.1 Å². The molecule has 1 aromatic rings. The summed E-state index contributed by atoms with van der Waals surface area (Å²) in [5.41, 5.74) is 1.06. The summed E-state index contributed by atoms with van der Waals surface area (Å²) < 4.78 is 21.6. The second-order valence-electron chi connectivity index (χ2n) is 3.56. The number of halogens is 2. The van der Waals surface area contributed by atoms with Gasteiger partial charge in [-0.3, -0.25) is 4.79 Å². The Labute approximate surface area is 120 Å². The number of hydrogen-bond donors (Lipinski definition) is 0. The fraction of sp³-hybridized carbons (Fsp3) is 0.364. The van der Waals surface area contributed by atoms with Crippen molar-refractivity contribution >= 4 is 49.8 Å². The highest BCUT2D eigenvalue weighted by Crippen LogP contribution is 2.36. The molecule has 1 rings (SSSR count). The van der Waals surface area contributed by atoms with Gasteiger partial charge >= 0.3 is 0 Å². The summed E-state index contributed by atoms with van der Waals surface area (Å²) in [6.45, 7) is 3.21. The van der Waals surface area contributed by atoms with Gasteiger partial charge in [-0.25, -0.2) is 8.42 Å². The molecule has 0 amide bonds. The minimum absolute atomic E-state index is 0.170. The lowest BCUT2D eigenvalue weighted by molar-refractivity contribution is 0.100. The molecule has 1 atom stereocenters. The highest BCUT2D eigenvalue weighted by atomic mass is 127. The third-order valence-corrected chi connectivity index (χ3v) is 7.53. The van der Waals surface area contributed by atoms with E-state index in [-0.39, 0.29) is 5.75 Å². The molecule has 1 aromatic carbocycles. The molecule has 6 heteroatoms. The summed E-state index contributed by atoms with van der Waals surface area (Å²) in [6.07, 6.45) is 0. The zero-order chi connectivity index (χ0) is 13.3. The topological polar surface area (TPSA) is 51.2 Å². The molecule has 0 fully saturated rings. The largest absolute Gasteiger partial charge is 0.290 e. The number of hydrogen-bond acceptors (Lipinski definition) is 3. The molecule has 0 N–H and O–H groups in total. The Kier molecular flexibility index (Phi) is 4.60. The normalized spacial score (nSPS) is 15.3. The molecule has 94 valence electrons. The SMILES string of the molecule is CCS(=O)(=O)[C@@](Cl)(I)C(=O)c1ccccc1C. The molecule has 0 aliphatic carbocycles. The van der Waals surface area contributed by atoms with Crippen LogP contribution in [0.3, 0.4) is 0 Å². The number of alkyl halides is 2. The molecule has 0 saturated carbocycles. The van der Waals surface area contributed by atoms with Crippen LogP contribution < -0.4 is 0 Å². The Morgan fingerprint density at radius 1 is 1.41 bits per heavy atom. The average molecular weight is 387 g/mol. The monoisotopic (exact) mass is 386 g/mol. The van der Waals surface area contributed by atoms with Crippen molar-refractivity contribution in [2.45, 2.75) is 16.1 Å². The van der Waals surface area contributed by atoms with E-state index in [0.717, 1.165) is 0 Å². The maximum atomic E-state index is 12.2. The van der Waals surface area contributed by atoms with Crippen LogP contribution in [0.15, 0.2) is 24.3 Å². The summed E-state index contributed by atoms with van der Waals surface area (Å²) in [7, 11) is -3.66. The molecule has 0 unspecified atom stereocenters. The second kappa shape index (κ2) is 5.24. The third kappa shape index (κ3) is 2.82. The van der Waals surface area contributed by atoms with E-state index in [0.29, 0.717) is 11.1 Å². The van der Waals surface area contributed by atoms with Gasteiger partial charge in [0.2, 0.25) is 5.78 Å². The number of rotatable bonds is 4. The molecule has 0 heterocycles. The molecular weight excluding hydrogens is 375 g/mol. The van der Waals surface area contributed by atoms with Gasteiger partial charge in [0.25, 0.3) is 2.21 Å². The highest BCUT2D eigenvalue weighted by Gasteiger charge is 2.46. The van der Waals surface area contributed by atoms with E-state index in [1.165, 1.54) is 29.5 Å². The van der Waals surface area contributed by atoms with Crippen LogP contribution in [-0.4, -0.2) is 22.2 Å². The van der Waals surface area contributed by atoms with E-state index >= 15 is 0 Å². The number of carbonyl (C=O) groups excluding carboxylic acids is 1. The van der Waals surface area contributed by atoms with Gasteiger partial charge < -0.3 is 0 Å². The van der Waals surface area contributed by atoms with Crippen molar-refractivity contribution < 1.29 is 13.2 Å². The Bertz CT molecular complexity index is 537. The van der Waals surface area contributed by atoms with Crippen LogP contribution in [0.4, 0.5) is 0 Å². The van der Waals surface area contributed by atoms with Crippen molar-refractivity contribution in [1.82, 2.24) is 0 Å². The zero-order valence-corrected chi connectivity index (χ0v) is 13.1. The van der Waals surface area contributed by atoms with Crippen molar-refractivity contribution in [2.24, 2.45) is 0 Å². The molecule has 0 saturated heterocycles. The minimum atomic E-state index is -3.66. The van der Waals surface area contributed by atoms with E-state index in [4.69, 9.17) is 11.6 Å². The summed E-state index contributed by atoms with van der Waals surface area (Å²) in [6, 6.07) is 6.79. The lowest BCUT2D eigenvalue weighted by atomic mass is 10.1. The van der Waals surface area contributed by atoms with Crippen molar-refractivity contribution in [3.63, 3.8) is 0 Å². The lowest BCUT2D eigenvalue weighted by Crippen LogP contribution is -2.36. The summed E-state index contributed by atoms with van der Waals surface area (Å²) >= 11 is 7.43. The Morgan fingerprint density at radius 2 is 1.94 bits per heavy atom. The molecule has 0 bridgehead atoms. The zero-order valence-electron chi connectivity index (χ0n) is 9.41. The Morgan fingerprint density at radius 3 is 2.41 bits per heavy atom. The van der Waals surface area contributed by atoms with Crippen LogP contribution in [0.5, 0.6) is 0 Å². The van der Waals surface area contributed by atoms with Gasteiger partial charge in [-0.15, -0.1) is 0 Å². The van der Waals surface area contributed by atoms with Gasteiger partial charge in [0.15, 0.2) is 9.84 Å². The quantitative estimate of drug-likeness (QED) is 0.454. The molecule has 0 radical (unpaired) electrons. The fourth-order valence-electron chi connectivity index (χ4n) is 1.31. The minimum Gasteiger partial charge on any atom is -0.290 e. The number of carbonyl (C=O) groups is 1. The van der Waals surface area contributed by atoms with E-state index in [1.807, 2.05) is 0 Å². The van der Waals surface area contributed by atoms with Gasteiger partial charge in [-0.1, -0.05) is 42.8 Å². The average Bonchev–Trinajstić information content (AvgIpc) is 2.28. The first-order valence-electron chi connectivity index (χ1n) is 4.94. The van der Waals surface area contributed by atoms with Gasteiger partial charge in [0.1, 0.15) is 0 Å². The number of benzene rings is 1. The molecule has 0 aliphatic heterocycles. The van der Waals surface area contributed by atoms with E-state index < -0.39 is 17.8 Å². The second-order valence-corrected chi connectivity index (χ2v) is 9.76. The molecular formula is C11H12ClIO3S. The highest BCUT2D eigenvalue weighted by molar-refractivity contribution is 14.1. The van der Waals surface area contributed by atoms with Crippen LogP contribution in [0.2, 0.25) is 0 Å². The lowest BCUT2D eigenvalue weighted by Gasteiger charge is -2.19. The van der Waals surface area contributed by atoms with Gasteiger partial charge in [0.05, 0.1) is 5.75 Å². The number of Topliss-reactive ketones (excluding diaryl/α,β-unsaturated/α-hetero) is 1. The van der Waals surface area contributed by atoms with Crippen LogP contribution in [0.25, 0.3) is 0 Å². The van der Waals surface area contributed by atoms with Crippen LogP contribution in [-0.2, 0) is 9.84 Å². The van der Waals surface area contributed by atoms with Crippen molar-refractivity contribution in [3.8, 4) is 0 Å². The van der Waals surface area contributed by atoms with Crippen molar-refractivity contribution in [2.75, 3.05) is 5.75 Å². The van der Waals surface area contributed by atoms with E-state index in [2.05, 4.69) is 0 Å². The first kappa shape index (κ1) is 14.9.